The van der Waals surface area contributed by atoms with Crippen molar-refractivity contribution in [1.82, 2.24) is 9.21 Å². The van der Waals surface area contributed by atoms with Gasteiger partial charge in [0, 0.05) is 26.2 Å². The van der Waals surface area contributed by atoms with Crippen LogP contribution in [0.4, 0.5) is 14.5 Å². The second-order valence-electron chi connectivity index (χ2n) is 6.54. The molecule has 1 amide bonds. The number of para-hydroxylation sites is 1. The Kier molecular flexibility index (Phi) is 6.07. The molecule has 1 aliphatic heterocycles. The van der Waals surface area contributed by atoms with E-state index in [1.54, 1.807) is 13.0 Å². The van der Waals surface area contributed by atoms with Gasteiger partial charge in [0.25, 0.3) is 0 Å². The fourth-order valence-corrected chi connectivity index (χ4v) is 4.47. The summed E-state index contributed by atoms with van der Waals surface area (Å²) in [7, 11) is -3.71. The van der Waals surface area contributed by atoms with E-state index in [9.17, 15) is 22.0 Å². The van der Waals surface area contributed by atoms with Crippen LogP contribution in [-0.2, 0) is 14.8 Å². The topological polar surface area (TPSA) is 69.7 Å². The highest BCUT2D eigenvalue weighted by atomic mass is 32.2. The quantitative estimate of drug-likeness (QED) is 0.823. The molecule has 28 heavy (non-hydrogen) atoms. The lowest BCUT2D eigenvalue weighted by Crippen LogP contribution is -2.53. The van der Waals surface area contributed by atoms with Gasteiger partial charge in [0.1, 0.15) is 11.6 Å². The van der Waals surface area contributed by atoms with Crippen molar-refractivity contribution in [3.63, 3.8) is 0 Å². The van der Waals surface area contributed by atoms with Crippen LogP contribution < -0.4 is 5.32 Å². The summed E-state index contributed by atoms with van der Waals surface area (Å²) in [6, 6.07) is 10.1. The summed E-state index contributed by atoms with van der Waals surface area (Å²) >= 11 is 0. The molecule has 2 aromatic rings. The molecule has 3 rings (SSSR count). The molecule has 1 N–H and O–H groups in total. The molecule has 1 aliphatic rings. The Labute approximate surface area is 162 Å². The Bertz CT molecular complexity index is 943. The van der Waals surface area contributed by atoms with Gasteiger partial charge in [0.15, 0.2) is 0 Å². The van der Waals surface area contributed by atoms with Crippen LogP contribution in [0.2, 0.25) is 0 Å². The van der Waals surface area contributed by atoms with Crippen LogP contribution >= 0.6 is 0 Å². The predicted octanol–water partition coefficient (Wildman–Crippen LogP) is 2.30. The number of nitrogens with one attached hydrogen (secondary N) is 1. The van der Waals surface area contributed by atoms with Gasteiger partial charge >= 0.3 is 0 Å². The number of benzene rings is 2. The van der Waals surface area contributed by atoms with Gasteiger partial charge in [0.2, 0.25) is 15.9 Å². The molecule has 1 saturated heterocycles. The van der Waals surface area contributed by atoms with E-state index < -0.39 is 27.7 Å². The minimum atomic E-state index is -3.71. The number of anilines is 1. The average Bonchev–Trinajstić information content (AvgIpc) is 2.69. The highest BCUT2D eigenvalue weighted by Gasteiger charge is 2.32. The number of carbonyl (C=O) groups is 1. The number of hydrogen-bond donors (Lipinski definition) is 1. The van der Waals surface area contributed by atoms with Gasteiger partial charge in [-0.15, -0.1) is 0 Å². The van der Waals surface area contributed by atoms with E-state index >= 15 is 0 Å². The van der Waals surface area contributed by atoms with Gasteiger partial charge in [-0.05, 0) is 43.3 Å². The maximum Gasteiger partial charge on any atom is 0.243 e. The molecule has 0 bridgehead atoms. The Morgan fingerprint density at radius 2 is 1.61 bits per heavy atom. The first-order valence-electron chi connectivity index (χ1n) is 8.84. The third-order valence-electron chi connectivity index (χ3n) is 4.78. The average molecular weight is 409 g/mol. The second kappa shape index (κ2) is 8.34. The molecule has 0 aliphatic carbocycles. The summed E-state index contributed by atoms with van der Waals surface area (Å²) in [5, 5.41) is 2.56. The monoisotopic (exact) mass is 409 g/mol. The zero-order valence-corrected chi connectivity index (χ0v) is 16.1. The predicted molar refractivity (Wildman–Crippen MR) is 101 cm³/mol. The third kappa shape index (κ3) is 4.37. The molecule has 0 aromatic heterocycles. The number of sulfonamides is 1. The lowest BCUT2D eigenvalue weighted by atomic mass is 10.2. The van der Waals surface area contributed by atoms with E-state index in [4.69, 9.17) is 0 Å². The summed E-state index contributed by atoms with van der Waals surface area (Å²) in [6.07, 6.45) is 0. The molecule has 0 saturated carbocycles. The number of rotatable bonds is 5. The van der Waals surface area contributed by atoms with Crippen molar-refractivity contribution in [3.05, 3.63) is 60.2 Å². The van der Waals surface area contributed by atoms with Crippen LogP contribution in [0.3, 0.4) is 0 Å². The van der Waals surface area contributed by atoms with Crippen molar-refractivity contribution in [2.75, 3.05) is 31.5 Å². The number of hydrogen-bond acceptors (Lipinski definition) is 4. The van der Waals surface area contributed by atoms with Crippen molar-refractivity contribution in [2.45, 2.75) is 17.9 Å². The molecule has 6 nitrogen and oxygen atoms in total. The minimum absolute atomic E-state index is 0.0349. The highest BCUT2D eigenvalue weighted by molar-refractivity contribution is 7.89. The third-order valence-corrected chi connectivity index (χ3v) is 6.70. The Hall–Kier alpha value is -2.36. The van der Waals surface area contributed by atoms with E-state index in [2.05, 4.69) is 5.32 Å². The lowest BCUT2D eigenvalue weighted by Gasteiger charge is -2.36. The summed E-state index contributed by atoms with van der Waals surface area (Å²) in [6.45, 7) is 2.81. The van der Waals surface area contributed by atoms with Gasteiger partial charge < -0.3 is 5.32 Å². The Balaban J connectivity index is 1.60. The van der Waals surface area contributed by atoms with Crippen molar-refractivity contribution in [3.8, 4) is 0 Å². The van der Waals surface area contributed by atoms with Crippen molar-refractivity contribution < 1.29 is 22.0 Å². The van der Waals surface area contributed by atoms with E-state index in [-0.39, 0.29) is 29.6 Å². The Morgan fingerprint density at radius 1 is 1.00 bits per heavy atom. The number of amides is 1. The molecule has 1 heterocycles. The first-order valence-corrected chi connectivity index (χ1v) is 10.3. The molecular formula is C19H21F2N3O3S. The van der Waals surface area contributed by atoms with E-state index in [0.29, 0.717) is 13.1 Å². The van der Waals surface area contributed by atoms with E-state index in [1.165, 1.54) is 34.6 Å². The summed E-state index contributed by atoms with van der Waals surface area (Å²) in [4.78, 5) is 14.3. The number of carbonyl (C=O) groups excluding carboxylic acids is 1. The first-order chi connectivity index (χ1) is 13.3. The van der Waals surface area contributed by atoms with Crippen LogP contribution in [0.25, 0.3) is 0 Å². The normalized spacial score (nSPS) is 17.2. The maximum atomic E-state index is 13.7. The molecule has 150 valence electrons. The van der Waals surface area contributed by atoms with Crippen LogP contribution in [-0.4, -0.2) is 55.8 Å². The second-order valence-corrected chi connectivity index (χ2v) is 8.48. The summed E-state index contributed by atoms with van der Waals surface area (Å²) < 4.78 is 53.4. The maximum absolute atomic E-state index is 13.7. The first kappa shape index (κ1) is 20.4. The van der Waals surface area contributed by atoms with Crippen molar-refractivity contribution in [2.24, 2.45) is 0 Å². The molecule has 0 unspecified atom stereocenters. The zero-order valence-electron chi connectivity index (χ0n) is 15.3. The van der Waals surface area contributed by atoms with Gasteiger partial charge in [-0.25, -0.2) is 17.2 Å². The minimum Gasteiger partial charge on any atom is -0.322 e. The van der Waals surface area contributed by atoms with Gasteiger partial charge in [-0.3, -0.25) is 9.69 Å². The molecule has 2 aromatic carbocycles. The van der Waals surface area contributed by atoms with Gasteiger partial charge in [-0.2, -0.15) is 4.31 Å². The zero-order chi connectivity index (χ0) is 20.3. The number of piperazine rings is 1. The molecule has 0 spiro atoms. The van der Waals surface area contributed by atoms with E-state index in [0.717, 1.165) is 12.1 Å². The summed E-state index contributed by atoms with van der Waals surface area (Å²) in [5.41, 5.74) is 0.108. The highest BCUT2D eigenvalue weighted by Crippen LogP contribution is 2.19. The molecule has 0 radical (unpaired) electrons. The molecule has 1 atom stereocenters. The van der Waals surface area contributed by atoms with Gasteiger partial charge in [-0.1, -0.05) is 12.1 Å². The fourth-order valence-electron chi connectivity index (χ4n) is 3.05. The smallest absolute Gasteiger partial charge is 0.243 e. The SMILES string of the molecule is C[C@H](C(=O)Nc1ccccc1F)N1CCN(S(=O)(=O)c2ccc(F)cc2)CC1. The van der Waals surface area contributed by atoms with Gasteiger partial charge in [0.05, 0.1) is 16.6 Å². The van der Waals surface area contributed by atoms with Crippen LogP contribution in [0.15, 0.2) is 53.4 Å². The Morgan fingerprint density at radius 3 is 2.21 bits per heavy atom. The molecule has 9 heteroatoms. The summed E-state index contributed by atoms with van der Waals surface area (Å²) in [5.74, 6) is -1.38. The largest absolute Gasteiger partial charge is 0.322 e. The molecular weight excluding hydrogens is 388 g/mol. The van der Waals surface area contributed by atoms with Crippen molar-refractivity contribution in [1.29, 1.82) is 0 Å². The number of halogens is 2. The number of nitrogens with zero attached hydrogens (tertiary/aromatic N) is 2. The van der Waals surface area contributed by atoms with Crippen LogP contribution in [0.1, 0.15) is 6.92 Å². The van der Waals surface area contributed by atoms with E-state index in [1.807, 2.05) is 4.90 Å². The van der Waals surface area contributed by atoms with Crippen LogP contribution in [0, 0.1) is 11.6 Å². The van der Waals surface area contributed by atoms with Crippen LogP contribution in [0.5, 0.6) is 0 Å². The van der Waals surface area contributed by atoms with Crippen molar-refractivity contribution >= 4 is 21.6 Å². The standard InChI is InChI=1S/C19H21F2N3O3S/c1-14(19(25)22-18-5-3-2-4-17(18)21)23-10-12-24(13-11-23)28(26,27)16-8-6-15(20)7-9-16/h2-9,14H,10-13H2,1H3,(H,22,25)/t14-/m1/s1. The lowest BCUT2D eigenvalue weighted by molar-refractivity contribution is -0.121. The fraction of sp³-hybridized carbons (Fsp3) is 0.316. The molecule has 1 fully saturated rings.